The number of carbonyl (C=O) groups is 4. The molecule has 1 rings (SSSR count). The normalized spacial score (nSPS) is 14.6. The minimum atomic E-state index is -0.141. The number of hydrogen-bond donors (Lipinski definition) is 0. The number of aliphatic imine (C=N–C) groups is 1. The van der Waals surface area contributed by atoms with Crippen LogP contribution in [0.25, 0.3) is 0 Å². The molecule has 0 aromatic heterocycles. The predicted molar refractivity (Wildman–Crippen MR) is 180 cm³/mol. The van der Waals surface area contributed by atoms with Gasteiger partial charge in [0.15, 0.2) is 11.6 Å². The van der Waals surface area contributed by atoms with Gasteiger partial charge in [-0.1, -0.05) is 86.0 Å². The van der Waals surface area contributed by atoms with E-state index in [0.717, 1.165) is 51.4 Å². The first-order valence-corrected chi connectivity index (χ1v) is 15.9. The highest BCUT2D eigenvalue weighted by Crippen LogP contribution is 2.25. The van der Waals surface area contributed by atoms with Gasteiger partial charge in [-0.15, -0.1) is 12.8 Å². The van der Waals surface area contributed by atoms with Crippen molar-refractivity contribution in [3.63, 3.8) is 0 Å². The fourth-order valence-corrected chi connectivity index (χ4v) is 4.26. The molecule has 0 saturated heterocycles. The molecule has 7 nitrogen and oxygen atoms in total. The van der Waals surface area contributed by atoms with Crippen molar-refractivity contribution in [1.29, 1.82) is 0 Å². The van der Waals surface area contributed by atoms with Gasteiger partial charge in [-0.2, -0.15) is 0 Å². The van der Waals surface area contributed by atoms with E-state index in [1.54, 1.807) is 0 Å². The zero-order chi connectivity index (χ0) is 32.0. The summed E-state index contributed by atoms with van der Waals surface area (Å²) in [5, 5.41) is 0. The van der Waals surface area contributed by atoms with Crippen LogP contribution >= 0.6 is 0 Å². The molecule has 0 aromatic carbocycles. The van der Waals surface area contributed by atoms with Crippen molar-refractivity contribution in [3.8, 4) is 24.7 Å². The molecule has 43 heavy (non-hydrogen) atoms. The van der Waals surface area contributed by atoms with E-state index in [1.165, 1.54) is 9.80 Å². The second kappa shape index (κ2) is 24.5. The summed E-state index contributed by atoms with van der Waals surface area (Å²) in [5.74, 6) is 6.45. The Morgan fingerprint density at radius 1 is 0.744 bits per heavy atom. The van der Waals surface area contributed by atoms with E-state index in [1.807, 2.05) is 20.1 Å². The highest BCUT2D eigenvalue weighted by molar-refractivity contribution is 5.88. The molecular formula is C36H61N3O4. The third-order valence-electron chi connectivity index (χ3n) is 7.14. The lowest BCUT2D eigenvalue weighted by molar-refractivity contribution is -0.135. The third-order valence-corrected chi connectivity index (χ3v) is 7.14. The molecule has 244 valence electrons. The van der Waals surface area contributed by atoms with Gasteiger partial charge in [-0.3, -0.25) is 24.2 Å². The summed E-state index contributed by atoms with van der Waals surface area (Å²) >= 11 is 0. The van der Waals surface area contributed by atoms with Gasteiger partial charge >= 0.3 is 0 Å². The Morgan fingerprint density at radius 3 is 1.51 bits per heavy atom. The summed E-state index contributed by atoms with van der Waals surface area (Å²) in [5.41, 5.74) is -0.141. The smallest absolute Gasteiger partial charge is 0.223 e. The number of nitrogens with zero attached hydrogens (tertiary/aromatic N) is 3. The van der Waals surface area contributed by atoms with Gasteiger partial charge in [-0.25, -0.2) is 0 Å². The molecule has 0 N–H and O–H groups in total. The Labute approximate surface area is 264 Å². The first-order chi connectivity index (χ1) is 19.9. The summed E-state index contributed by atoms with van der Waals surface area (Å²) in [7, 11) is 0. The van der Waals surface area contributed by atoms with E-state index in [0.29, 0.717) is 43.9 Å². The Bertz CT molecular complexity index is 933. The second-order valence-electron chi connectivity index (χ2n) is 12.5. The third kappa shape index (κ3) is 23.2. The lowest BCUT2D eigenvalue weighted by Crippen LogP contribution is -2.36. The maximum atomic E-state index is 12.2. The standard InChI is InChI=1S/C18H28N2O2.C17H29NO2.CH4/c1-5-12-20(17(22)10-11-18(4)14-19-18)13-16(21)9-7-6-8-15(2)3;1-5-7-12-17(20)18(13-6-2)14-16(19)11-9-8-10-15(3)4;/h1,14-15H,6-13H2,2-4H3;2,15H,5,7-14H2,1,3-4H3;1H4. The van der Waals surface area contributed by atoms with Gasteiger partial charge in [0.1, 0.15) is 0 Å². The van der Waals surface area contributed by atoms with Crippen molar-refractivity contribution < 1.29 is 19.2 Å². The lowest BCUT2D eigenvalue weighted by atomic mass is 10.0. The van der Waals surface area contributed by atoms with Gasteiger partial charge in [0.2, 0.25) is 11.8 Å². The zero-order valence-corrected chi connectivity index (χ0v) is 27.4. The Balaban J connectivity index is 0. The first-order valence-electron chi connectivity index (χ1n) is 15.9. The summed E-state index contributed by atoms with van der Waals surface area (Å²) in [4.78, 5) is 55.1. The average Bonchev–Trinajstić information content (AvgIpc) is 3.67. The fourth-order valence-electron chi connectivity index (χ4n) is 4.26. The minimum absolute atomic E-state index is 0. The number of amides is 2. The van der Waals surface area contributed by atoms with E-state index in [9.17, 15) is 19.2 Å². The van der Waals surface area contributed by atoms with Crippen molar-refractivity contribution in [3.05, 3.63) is 0 Å². The van der Waals surface area contributed by atoms with Crippen LogP contribution in [0.4, 0.5) is 0 Å². The van der Waals surface area contributed by atoms with Crippen LogP contribution in [0.3, 0.4) is 0 Å². The van der Waals surface area contributed by atoms with Crippen molar-refractivity contribution in [2.24, 2.45) is 16.8 Å². The summed E-state index contributed by atoms with van der Waals surface area (Å²) in [6, 6.07) is 0. The molecule has 1 aliphatic heterocycles. The Hall–Kier alpha value is -2.93. The van der Waals surface area contributed by atoms with Crippen LogP contribution in [0.1, 0.15) is 132 Å². The maximum absolute atomic E-state index is 12.2. The van der Waals surface area contributed by atoms with Gasteiger partial charge < -0.3 is 9.80 Å². The van der Waals surface area contributed by atoms with E-state index >= 15 is 0 Å². The summed E-state index contributed by atoms with van der Waals surface area (Å²) in [6.07, 6.45) is 23.1. The van der Waals surface area contributed by atoms with Crippen molar-refractivity contribution in [2.45, 2.75) is 138 Å². The van der Waals surface area contributed by atoms with E-state index in [4.69, 9.17) is 12.8 Å². The van der Waals surface area contributed by atoms with Crippen LogP contribution < -0.4 is 0 Å². The SMILES string of the molecule is C.C#CCN(CC(=O)CCCCC(C)C)C(=O)CCC1(C)C=N1.C#CCN(CC(=O)CCCCC(C)C)C(=O)CCCC. The number of hydrogen-bond acceptors (Lipinski definition) is 5. The van der Waals surface area contributed by atoms with Crippen molar-refractivity contribution in [1.82, 2.24) is 9.80 Å². The van der Waals surface area contributed by atoms with E-state index < -0.39 is 0 Å². The summed E-state index contributed by atoms with van der Waals surface area (Å²) < 4.78 is 0. The van der Waals surface area contributed by atoms with Crippen LogP contribution in [0.5, 0.6) is 0 Å². The number of carbonyl (C=O) groups excluding carboxylic acids is 4. The highest BCUT2D eigenvalue weighted by Gasteiger charge is 2.31. The lowest BCUT2D eigenvalue weighted by Gasteiger charge is -2.20. The number of Topliss-reactive ketones (excluding diaryl/α,β-unsaturated/α-hetero) is 2. The molecule has 1 atom stereocenters. The molecule has 0 bridgehead atoms. The first kappa shape index (κ1) is 42.2. The average molecular weight is 600 g/mol. The molecule has 0 fully saturated rings. The molecule has 0 radical (unpaired) electrons. The number of terminal acetylenes is 2. The molecule has 0 saturated carbocycles. The molecule has 2 amide bonds. The van der Waals surface area contributed by atoms with Crippen molar-refractivity contribution >= 4 is 29.6 Å². The highest BCUT2D eigenvalue weighted by atomic mass is 16.2. The Kier molecular flexibility index (Phi) is 24.1. The zero-order valence-electron chi connectivity index (χ0n) is 27.4. The van der Waals surface area contributed by atoms with Gasteiger partial charge in [-0.05, 0) is 44.4 Å². The largest absolute Gasteiger partial charge is 0.324 e. The van der Waals surface area contributed by atoms with Crippen LogP contribution in [0.15, 0.2) is 4.99 Å². The van der Waals surface area contributed by atoms with Crippen LogP contribution in [0.2, 0.25) is 0 Å². The quantitative estimate of drug-likeness (QED) is 0.0999. The molecule has 7 heteroatoms. The van der Waals surface area contributed by atoms with E-state index in [-0.39, 0.29) is 62.5 Å². The van der Waals surface area contributed by atoms with E-state index in [2.05, 4.69) is 44.5 Å². The maximum Gasteiger partial charge on any atom is 0.223 e. The topological polar surface area (TPSA) is 87.1 Å². The molecule has 1 unspecified atom stereocenters. The molecule has 0 spiro atoms. The molecule has 0 aliphatic carbocycles. The molecule has 1 aliphatic rings. The molecule has 1 heterocycles. The fraction of sp³-hybridized carbons (Fsp3) is 0.750. The second-order valence-corrected chi connectivity index (χ2v) is 12.5. The Morgan fingerprint density at radius 2 is 1.16 bits per heavy atom. The van der Waals surface area contributed by atoms with Gasteiger partial charge in [0, 0.05) is 31.9 Å². The van der Waals surface area contributed by atoms with Crippen molar-refractivity contribution in [2.75, 3.05) is 26.2 Å². The number of unbranched alkanes of at least 4 members (excludes halogenated alkanes) is 3. The van der Waals surface area contributed by atoms with Crippen LogP contribution in [-0.2, 0) is 19.2 Å². The van der Waals surface area contributed by atoms with Crippen LogP contribution in [0, 0.1) is 36.5 Å². The number of ketones is 2. The number of rotatable bonds is 22. The van der Waals surface area contributed by atoms with Gasteiger partial charge in [0.25, 0.3) is 0 Å². The minimum Gasteiger partial charge on any atom is -0.324 e. The van der Waals surface area contributed by atoms with Crippen LogP contribution in [-0.4, -0.2) is 71.1 Å². The molecular weight excluding hydrogens is 538 g/mol. The van der Waals surface area contributed by atoms with Gasteiger partial charge in [0.05, 0.1) is 31.7 Å². The summed E-state index contributed by atoms with van der Waals surface area (Å²) in [6.45, 7) is 13.5. The molecule has 0 aromatic rings. The monoisotopic (exact) mass is 599 g/mol. The predicted octanol–water partition coefficient (Wildman–Crippen LogP) is 6.92.